The van der Waals surface area contributed by atoms with Gasteiger partial charge in [-0.25, -0.2) is 0 Å². The summed E-state index contributed by atoms with van der Waals surface area (Å²) in [6, 6.07) is 0.997. The number of nitrogens with one attached hydrogen (secondary N) is 1. The molecular weight excluding hydrogens is 283 g/mol. The van der Waals surface area contributed by atoms with Gasteiger partial charge in [-0.2, -0.15) is 0 Å². The van der Waals surface area contributed by atoms with E-state index in [9.17, 15) is 22.8 Å². The van der Waals surface area contributed by atoms with Crippen LogP contribution in [0.4, 0.5) is 13.2 Å². The molecule has 0 aromatic carbocycles. The molecule has 1 N–H and O–H groups in total. The number of hydrogen-bond donors (Lipinski definition) is 1. The van der Waals surface area contributed by atoms with Crippen LogP contribution < -0.4 is 15.0 Å². The van der Waals surface area contributed by atoms with Crippen LogP contribution in [0.15, 0.2) is 10.9 Å². The Morgan fingerprint density at radius 2 is 2.05 bits per heavy atom. The monoisotopic (exact) mass is 295 g/mol. The van der Waals surface area contributed by atoms with Gasteiger partial charge in [0.25, 0.3) is 5.56 Å². The lowest BCUT2D eigenvalue weighted by atomic mass is 10.2. The second-order valence-electron chi connectivity index (χ2n) is 3.55. The maximum Gasteiger partial charge on any atom is 0.574 e. The predicted octanol–water partition coefficient (Wildman–Crippen LogP) is 1.39. The summed E-state index contributed by atoms with van der Waals surface area (Å²) in [7, 11) is 1.10. The van der Waals surface area contributed by atoms with Crippen molar-refractivity contribution in [3.8, 4) is 11.6 Å². The summed E-state index contributed by atoms with van der Waals surface area (Å²) in [6.45, 7) is 1.71. The maximum absolute atomic E-state index is 12.1. The van der Waals surface area contributed by atoms with Crippen molar-refractivity contribution in [2.24, 2.45) is 0 Å². The molecule has 0 atom stereocenters. The third-order valence-corrected chi connectivity index (χ3v) is 2.13. The second-order valence-corrected chi connectivity index (χ2v) is 3.55. The zero-order valence-electron chi connectivity index (χ0n) is 10.7. The van der Waals surface area contributed by atoms with Gasteiger partial charge < -0.3 is 14.2 Å². The number of aromatic nitrogens is 1. The van der Waals surface area contributed by atoms with E-state index in [4.69, 9.17) is 0 Å². The molecule has 0 spiro atoms. The molecule has 0 amide bonds. The molecule has 1 rings (SSSR count). The Balaban J connectivity index is 3.07. The van der Waals surface area contributed by atoms with Crippen molar-refractivity contribution >= 4 is 5.97 Å². The van der Waals surface area contributed by atoms with Gasteiger partial charge in [-0.1, -0.05) is 0 Å². The van der Waals surface area contributed by atoms with E-state index >= 15 is 0 Å². The molecule has 1 aromatic rings. The van der Waals surface area contributed by atoms with E-state index in [1.807, 2.05) is 4.98 Å². The molecule has 9 heteroatoms. The molecule has 1 heterocycles. The normalized spacial score (nSPS) is 11.1. The lowest BCUT2D eigenvalue weighted by molar-refractivity contribution is -0.276. The predicted molar refractivity (Wildman–Crippen MR) is 60.6 cm³/mol. The first-order valence-electron chi connectivity index (χ1n) is 5.48. The fourth-order valence-corrected chi connectivity index (χ4v) is 1.38. The highest BCUT2D eigenvalue weighted by molar-refractivity contribution is 5.72. The van der Waals surface area contributed by atoms with Crippen LogP contribution in [0.1, 0.15) is 12.5 Å². The lowest BCUT2D eigenvalue weighted by Gasteiger charge is -2.12. The summed E-state index contributed by atoms with van der Waals surface area (Å²) in [5, 5.41) is 0. The van der Waals surface area contributed by atoms with Crippen LogP contribution in [0.3, 0.4) is 0 Å². The van der Waals surface area contributed by atoms with E-state index < -0.39 is 23.8 Å². The van der Waals surface area contributed by atoms with E-state index in [2.05, 4.69) is 14.2 Å². The molecule has 0 saturated heterocycles. The van der Waals surface area contributed by atoms with Gasteiger partial charge in [0.2, 0.25) is 5.88 Å². The van der Waals surface area contributed by atoms with Crippen molar-refractivity contribution in [2.45, 2.75) is 19.7 Å². The van der Waals surface area contributed by atoms with Crippen LogP contribution in [-0.2, 0) is 16.0 Å². The van der Waals surface area contributed by atoms with Crippen molar-refractivity contribution < 1.29 is 32.2 Å². The summed E-state index contributed by atoms with van der Waals surface area (Å²) >= 11 is 0. The number of methoxy groups -OCH3 is 1. The summed E-state index contributed by atoms with van der Waals surface area (Å²) in [4.78, 5) is 24.7. The van der Waals surface area contributed by atoms with Gasteiger partial charge in [0.05, 0.1) is 20.1 Å². The highest BCUT2D eigenvalue weighted by Gasteiger charge is 2.33. The third-order valence-electron chi connectivity index (χ3n) is 2.13. The Kier molecular flexibility index (Phi) is 5.00. The molecule has 0 fully saturated rings. The molecule has 6 nitrogen and oxygen atoms in total. The quantitative estimate of drug-likeness (QED) is 0.831. The van der Waals surface area contributed by atoms with Crippen LogP contribution >= 0.6 is 0 Å². The number of H-pyrrole nitrogens is 1. The van der Waals surface area contributed by atoms with Crippen molar-refractivity contribution in [2.75, 3.05) is 13.7 Å². The molecule has 112 valence electrons. The van der Waals surface area contributed by atoms with Gasteiger partial charge in [0.15, 0.2) is 5.75 Å². The Hall–Kier alpha value is -2.19. The summed E-state index contributed by atoms with van der Waals surface area (Å²) < 4.78 is 49.3. The SMILES string of the molecule is CCOC(=O)Cc1cc(OC)c(OC(F)(F)F)[nH]c1=O. The van der Waals surface area contributed by atoms with Crippen LogP contribution in [0.25, 0.3) is 0 Å². The van der Waals surface area contributed by atoms with Crippen LogP contribution in [0.5, 0.6) is 11.6 Å². The van der Waals surface area contributed by atoms with Gasteiger partial charge in [-0.15, -0.1) is 13.2 Å². The van der Waals surface area contributed by atoms with E-state index in [0.29, 0.717) is 0 Å². The highest BCUT2D eigenvalue weighted by atomic mass is 19.4. The van der Waals surface area contributed by atoms with Crippen molar-refractivity contribution in [3.63, 3.8) is 0 Å². The minimum Gasteiger partial charge on any atom is -0.491 e. The van der Waals surface area contributed by atoms with Gasteiger partial charge >= 0.3 is 12.3 Å². The standard InChI is InChI=1S/C11H12F3NO5/c1-3-19-8(16)5-6-4-7(18-2)10(15-9(6)17)20-11(12,13)14/h4H,3,5H2,1-2H3,(H,15,17). The molecule has 0 aliphatic carbocycles. The van der Waals surface area contributed by atoms with Gasteiger partial charge in [0.1, 0.15) is 0 Å². The third kappa shape index (κ3) is 4.48. The Labute approximate surface area is 111 Å². The molecule has 20 heavy (non-hydrogen) atoms. The first-order valence-corrected chi connectivity index (χ1v) is 5.48. The molecule has 0 unspecified atom stereocenters. The fourth-order valence-electron chi connectivity index (χ4n) is 1.38. The van der Waals surface area contributed by atoms with Crippen molar-refractivity contribution in [1.29, 1.82) is 0 Å². The number of pyridine rings is 1. The number of hydrogen-bond acceptors (Lipinski definition) is 5. The number of carbonyl (C=O) groups excluding carboxylic acids is 1. The van der Waals surface area contributed by atoms with E-state index in [-0.39, 0.29) is 24.3 Å². The molecule has 0 saturated carbocycles. The second kappa shape index (κ2) is 6.31. The van der Waals surface area contributed by atoms with Crippen LogP contribution in [0, 0.1) is 0 Å². The summed E-state index contributed by atoms with van der Waals surface area (Å²) in [5.74, 6) is -1.90. The minimum atomic E-state index is -4.97. The van der Waals surface area contributed by atoms with Gasteiger partial charge in [-0.05, 0) is 13.0 Å². The molecular formula is C11H12F3NO5. The Morgan fingerprint density at radius 1 is 1.40 bits per heavy atom. The zero-order valence-corrected chi connectivity index (χ0v) is 10.7. The number of aromatic amines is 1. The Bertz CT molecular complexity index is 538. The van der Waals surface area contributed by atoms with E-state index in [1.165, 1.54) is 0 Å². The first kappa shape index (κ1) is 15.9. The molecule has 1 aromatic heterocycles. The van der Waals surface area contributed by atoms with Gasteiger partial charge in [-0.3, -0.25) is 14.6 Å². The van der Waals surface area contributed by atoms with Gasteiger partial charge in [0, 0.05) is 5.56 Å². The topological polar surface area (TPSA) is 77.6 Å². The van der Waals surface area contributed by atoms with E-state index in [0.717, 1.165) is 13.2 Å². The van der Waals surface area contributed by atoms with E-state index in [1.54, 1.807) is 6.92 Å². The number of esters is 1. The number of halogens is 3. The number of ether oxygens (including phenoxy) is 3. The zero-order chi connectivity index (χ0) is 15.3. The molecule has 0 aliphatic rings. The highest BCUT2D eigenvalue weighted by Crippen LogP contribution is 2.29. The summed E-state index contributed by atoms with van der Waals surface area (Å²) in [5.41, 5.74) is -0.979. The number of rotatable bonds is 5. The Morgan fingerprint density at radius 3 is 2.55 bits per heavy atom. The average Bonchev–Trinajstić information content (AvgIpc) is 2.31. The average molecular weight is 295 g/mol. The lowest BCUT2D eigenvalue weighted by Crippen LogP contribution is -2.23. The number of alkyl halides is 3. The van der Waals surface area contributed by atoms with Crippen LogP contribution in [0.2, 0.25) is 0 Å². The fraction of sp³-hybridized carbons (Fsp3) is 0.455. The first-order chi connectivity index (χ1) is 9.26. The molecule has 0 aliphatic heterocycles. The number of carbonyl (C=O) groups is 1. The molecule has 0 bridgehead atoms. The largest absolute Gasteiger partial charge is 0.574 e. The maximum atomic E-state index is 12.1. The van der Waals surface area contributed by atoms with Crippen molar-refractivity contribution in [3.05, 3.63) is 22.0 Å². The molecule has 0 radical (unpaired) electrons. The smallest absolute Gasteiger partial charge is 0.491 e. The van der Waals surface area contributed by atoms with Crippen LogP contribution in [-0.4, -0.2) is 31.0 Å². The summed E-state index contributed by atoms with van der Waals surface area (Å²) in [6.07, 6.45) is -5.36. The minimum absolute atomic E-state index is 0.0881. The van der Waals surface area contributed by atoms with Crippen molar-refractivity contribution in [1.82, 2.24) is 4.98 Å².